The number of carbonyl (C=O) groups excluding carboxylic acids is 1. The van der Waals surface area contributed by atoms with Crippen molar-refractivity contribution in [1.82, 2.24) is 0 Å². The fourth-order valence-electron chi connectivity index (χ4n) is 2.14. The van der Waals surface area contributed by atoms with E-state index in [9.17, 15) is 13.6 Å². The molecule has 2 aromatic carbocycles. The van der Waals surface area contributed by atoms with Crippen molar-refractivity contribution in [3.05, 3.63) is 80.0 Å². The fourth-order valence-corrected chi connectivity index (χ4v) is 4.44. The topological polar surface area (TPSA) is 29.1 Å². The Balaban J connectivity index is 1.71. The van der Waals surface area contributed by atoms with Crippen molar-refractivity contribution in [2.75, 3.05) is 5.32 Å². The summed E-state index contributed by atoms with van der Waals surface area (Å²) in [5.74, 6) is -1.37. The van der Waals surface area contributed by atoms with Crippen molar-refractivity contribution in [2.45, 2.75) is 10.6 Å². The predicted molar refractivity (Wildman–Crippen MR) is 105 cm³/mol. The van der Waals surface area contributed by atoms with Crippen LogP contribution in [0.3, 0.4) is 0 Å². The van der Waals surface area contributed by atoms with Crippen LogP contribution in [0.25, 0.3) is 0 Å². The highest BCUT2D eigenvalue weighted by Gasteiger charge is 2.16. The second kappa shape index (κ2) is 8.39. The third-order valence-electron chi connectivity index (χ3n) is 3.39. The minimum absolute atomic E-state index is 0.0646. The first-order chi connectivity index (χ1) is 12.4. The monoisotopic (exact) mass is 429 g/mol. The number of thioether (sulfide) groups is 1. The van der Waals surface area contributed by atoms with Crippen LogP contribution >= 0.6 is 46.3 Å². The first kappa shape index (κ1) is 19.2. The van der Waals surface area contributed by atoms with Gasteiger partial charge in [0, 0.05) is 16.7 Å². The molecule has 2 nitrogen and oxygen atoms in total. The van der Waals surface area contributed by atoms with E-state index in [0.29, 0.717) is 20.7 Å². The van der Waals surface area contributed by atoms with Crippen LogP contribution in [0.1, 0.15) is 15.2 Å². The van der Waals surface area contributed by atoms with E-state index in [1.807, 2.05) is 12.1 Å². The molecule has 0 bridgehead atoms. The Morgan fingerprint density at radius 1 is 1.08 bits per heavy atom. The molecular weight excluding hydrogens is 419 g/mol. The molecule has 0 aliphatic carbocycles. The molecule has 1 N–H and O–H groups in total. The van der Waals surface area contributed by atoms with Crippen LogP contribution in [0, 0.1) is 11.6 Å². The molecule has 0 atom stereocenters. The first-order valence-electron chi connectivity index (χ1n) is 7.34. The Morgan fingerprint density at radius 3 is 2.62 bits per heavy atom. The molecule has 1 aromatic heterocycles. The number of hydrogen-bond donors (Lipinski definition) is 1. The summed E-state index contributed by atoms with van der Waals surface area (Å²) in [6.45, 7) is 0. The molecule has 0 aliphatic rings. The molecule has 8 heteroatoms. The quantitative estimate of drug-likeness (QED) is 0.447. The van der Waals surface area contributed by atoms with E-state index in [4.69, 9.17) is 23.2 Å². The van der Waals surface area contributed by atoms with Crippen molar-refractivity contribution >= 4 is 57.9 Å². The lowest BCUT2D eigenvalue weighted by Crippen LogP contribution is -2.12. The highest BCUT2D eigenvalue weighted by Crippen LogP contribution is 2.32. The third-order valence-corrected chi connectivity index (χ3v) is 6.30. The van der Waals surface area contributed by atoms with E-state index < -0.39 is 17.5 Å². The molecule has 1 heterocycles. The van der Waals surface area contributed by atoms with E-state index in [1.165, 1.54) is 29.2 Å². The summed E-state index contributed by atoms with van der Waals surface area (Å²) in [7, 11) is 0. The first-order valence-corrected chi connectivity index (χ1v) is 9.97. The molecule has 3 aromatic rings. The van der Waals surface area contributed by atoms with Crippen LogP contribution in [0.5, 0.6) is 0 Å². The van der Waals surface area contributed by atoms with E-state index in [0.717, 1.165) is 22.6 Å². The van der Waals surface area contributed by atoms with Crippen molar-refractivity contribution < 1.29 is 13.6 Å². The number of benzene rings is 2. The zero-order valence-corrected chi connectivity index (χ0v) is 16.2. The Labute approximate surface area is 167 Å². The van der Waals surface area contributed by atoms with Gasteiger partial charge in [-0.1, -0.05) is 29.3 Å². The number of hydrogen-bond acceptors (Lipinski definition) is 3. The van der Waals surface area contributed by atoms with Crippen molar-refractivity contribution in [1.29, 1.82) is 0 Å². The van der Waals surface area contributed by atoms with E-state index in [2.05, 4.69) is 5.32 Å². The summed E-state index contributed by atoms with van der Waals surface area (Å²) in [4.78, 5) is 13.7. The summed E-state index contributed by atoms with van der Waals surface area (Å²) in [5, 5.41) is 5.21. The zero-order valence-electron chi connectivity index (χ0n) is 13.1. The minimum atomic E-state index is -0.820. The normalized spacial score (nSPS) is 10.8. The van der Waals surface area contributed by atoms with Crippen LogP contribution < -0.4 is 5.32 Å². The van der Waals surface area contributed by atoms with Gasteiger partial charge in [-0.15, -0.1) is 23.1 Å². The number of nitrogens with one attached hydrogen (secondary N) is 1. The predicted octanol–water partition coefficient (Wildman–Crippen LogP) is 6.88. The standard InChI is InChI=1S/C18H11Cl2F2NOS2/c19-12-3-1-10(7-13(12)20)9-26-16-5-6-25-17(16)18(24)23-15-4-2-11(21)8-14(15)22/h1-8H,9H2,(H,23,24). The van der Waals surface area contributed by atoms with E-state index in [1.54, 1.807) is 17.5 Å². The second-order valence-corrected chi connectivity index (χ2v) is 7.98. The maximum Gasteiger partial charge on any atom is 0.266 e. The highest BCUT2D eigenvalue weighted by molar-refractivity contribution is 7.98. The second-order valence-electron chi connectivity index (χ2n) is 5.23. The van der Waals surface area contributed by atoms with E-state index in [-0.39, 0.29) is 5.69 Å². The molecule has 0 radical (unpaired) electrons. The van der Waals surface area contributed by atoms with Gasteiger partial charge >= 0.3 is 0 Å². The number of anilines is 1. The average Bonchev–Trinajstić information content (AvgIpc) is 3.07. The molecule has 0 spiro atoms. The van der Waals surface area contributed by atoms with Crippen molar-refractivity contribution in [2.24, 2.45) is 0 Å². The molecule has 0 fully saturated rings. The van der Waals surface area contributed by atoms with Crippen LogP contribution in [-0.2, 0) is 5.75 Å². The number of carbonyl (C=O) groups is 1. The van der Waals surface area contributed by atoms with Crippen LogP contribution in [0.15, 0.2) is 52.7 Å². The van der Waals surface area contributed by atoms with Gasteiger partial charge in [-0.2, -0.15) is 0 Å². The molecule has 0 unspecified atom stereocenters. The summed E-state index contributed by atoms with van der Waals surface area (Å²) in [6, 6.07) is 10.2. The molecule has 0 saturated carbocycles. The van der Waals surface area contributed by atoms with Crippen LogP contribution in [0.4, 0.5) is 14.5 Å². The molecule has 26 heavy (non-hydrogen) atoms. The number of rotatable bonds is 5. The Morgan fingerprint density at radius 2 is 1.88 bits per heavy atom. The SMILES string of the molecule is O=C(Nc1ccc(F)cc1F)c1sccc1SCc1ccc(Cl)c(Cl)c1. The fraction of sp³-hybridized carbons (Fsp3) is 0.0556. The van der Waals surface area contributed by atoms with Gasteiger partial charge < -0.3 is 5.32 Å². The smallest absolute Gasteiger partial charge is 0.266 e. The van der Waals surface area contributed by atoms with Crippen molar-refractivity contribution in [3.63, 3.8) is 0 Å². The van der Waals surface area contributed by atoms with Gasteiger partial charge in [0.1, 0.15) is 16.5 Å². The lowest BCUT2D eigenvalue weighted by atomic mass is 10.2. The average molecular weight is 430 g/mol. The van der Waals surface area contributed by atoms with Crippen LogP contribution in [-0.4, -0.2) is 5.91 Å². The van der Waals surface area contributed by atoms with Gasteiger partial charge in [-0.25, -0.2) is 8.78 Å². The zero-order chi connectivity index (χ0) is 18.7. The number of halogens is 4. The summed E-state index contributed by atoms with van der Waals surface area (Å²) < 4.78 is 26.7. The molecule has 0 aliphatic heterocycles. The lowest BCUT2D eigenvalue weighted by Gasteiger charge is -2.08. The van der Waals surface area contributed by atoms with Gasteiger partial charge in [-0.3, -0.25) is 4.79 Å². The van der Waals surface area contributed by atoms with Gasteiger partial charge in [-0.05, 0) is 41.3 Å². The van der Waals surface area contributed by atoms with Gasteiger partial charge in [0.15, 0.2) is 0 Å². The summed E-state index contributed by atoms with van der Waals surface area (Å²) in [6.07, 6.45) is 0. The lowest BCUT2D eigenvalue weighted by molar-refractivity contribution is 0.102. The molecular formula is C18H11Cl2F2NOS2. The largest absolute Gasteiger partial charge is 0.319 e. The number of amides is 1. The van der Waals surface area contributed by atoms with Crippen molar-refractivity contribution in [3.8, 4) is 0 Å². The molecule has 1 amide bonds. The Kier molecular flexibility index (Phi) is 6.19. The molecule has 0 saturated heterocycles. The van der Waals surface area contributed by atoms with E-state index >= 15 is 0 Å². The van der Waals surface area contributed by atoms with Gasteiger partial charge in [0.05, 0.1) is 15.7 Å². The van der Waals surface area contributed by atoms with Crippen LogP contribution in [0.2, 0.25) is 10.0 Å². The third kappa shape index (κ3) is 4.57. The summed E-state index contributed by atoms with van der Waals surface area (Å²) in [5.41, 5.74) is 0.900. The molecule has 3 rings (SSSR count). The van der Waals surface area contributed by atoms with Gasteiger partial charge in [0.2, 0.25) is 0 Å². The van der Waals surface area contributed by atoms with Gasteiger partial charge in [0.25, 0.3) is 5.91 Å². The summed E-state index contributed by atoms with van der Waals surface area (Å²) >= 11 is 14.6. The Bertz CT molecular complexity index is 962. The number of thiophene rings is 1. The maximum atomic E-state index is 13.7. The Hall–Kier alpha value is -1.60. The molecule has 134 valence electrons. The minimum Gasteiger partial charge on any atom is -0.319 e. The maximum absolute atomic E-state index is 13.7. The highest BCUT2D eigenvalue weighted by atomic mass is 35.5.